The number of aliphatic hydroxyl groups is 1. The molecule has 1 aromatic rings. The average molecular weight is 263 g/mol. The van der Waals surface area contributed by atoms with Crippen LogP contribution in [0.1, 0.15) is 24.9 Å². The van der Waals surface area contributed by atoms with Gasteiger partial charge in [-0.05, 0) is 45.1 Å². The summed E-state index contributed by atoms with van der Waals surface area (Å²) in [6.45, 7) is 3.67. The highest BCUT2D eigenvalue weighted by Gasteiger charge is 2.31. The van der Waals surface area contributed by atoms with Gasteiger partial charge in [0, 0.05) is 30.9 Å². The summed E-state index contributed by atoms with van der Waals surface area (Å²) in [7, 11) is 4.14. The highest BCUT2D eigenvalue weighted by atomic mass is 16.3. The van der Waals surface area contributed by atoms with Gasteiger partial charge in [0.05, 0.1) is 6.10 Å². The van der Waals surface area contributed by atoms with Gasteiger partial charge in [0.2, 0.25) is 0 Å². The molecule has 0 amide bonds. The fraction of sp³-hybridized carbons (Fsp3) is 0.600. The van der Waals surface area contributed by atoms with Crippen molar-refractivity contribution >= 4 is 5.69 Å². The Bertz CT molecular complexity index is 402. The molecule has 2 rings (SSSR count). The number of hydrogen-bond donors (Lipinski definition) is 2. The Morgan fingerprint density at radius 3 is 2.53 bits per heavy atom. The summed E-state index contributed by atoms with van der Waals surface area (Å²) in [5.74, 6) is 0. The van der Waals surface area contributed by atoms with Crippen LogP contribution in [0.3, 0.4) is 0 Å². The molecule has 1 fully saturated rings. The van der Waals surface area contributed by atoms with Crippen molar-refractivity contribution in [3.8, 4) is 0 Å². The average Bonchev–Trinajstić information content (AvgIpc) is 2.69. The lowest BCUT2D eigenvalue weighted by Gasteiger charge is -2.29. The molecule has 3 atom stereocenters. The van der Waals surface area contributed by atoms with Crippen molar-refractivity contribution in [3.63, 3.8) is 0 Å². The smallest absolute Gasteiger partial charge is 0.0735 e. The van der Waals surface area contributed by atoms with Crippen molar-refractivity contribution in [2.45, 2.75) is 31.5 Å². The zero-order valence-corrected chi connectivity index (χ0v) is 12.1. The molecule has 1 aliphatic rings. The molecule has 1 heterocycles. The number of nitrogens with two attached hydrogens (primary N) is 1. The van der Waals surface area contributed by atoms with Crippen LogP contribution in [0.5, 0.6) is 0 Å². The topological polar surface area (TPSA) is 52.7 Å². The second kappa shape index (κ2) is 5.90. The van der Waals surface area contributed by atoms with Crippen molar-refractivity contribution in [2.75, 3.05) is 32.1 Å². The van der Waals surface area contributed by atoms with Gasteiger partial charge < -0.3 is 20.6 Å². The Kier molecular flexibility index (Phi) is 4.45. The summed E-state index contributed by atoms with van der Waals surface area (Å²) in [6.07, 6.45) is 0.616. The Balaban J connectivity index is 2.14. The van der Waals surface area contributed by atoms with E-state index in [1.165, 1.54) is 5.69 Å². The van der Waals surface area contributed by atoms with E-state index < -0.39 is 0 Å². The van der Waals surface area contributed by atoms with Crippen LogP contribution < -0.4 is 10.6 Å². The third kappa shape index (κ3) is 3.47. The van der Waals surface area contributed by atoms with Crippen LogP contribution in [0.25, 0.3) is 0 Å². The molecule has 1 saturated heterocycles. The van der Waals surface area contributed by atoms with E-state index in [9.17, 15) is 5.11 Å². The highest BCUT2D eigenvalue weighted by Crippen LogP contribution is 2.27. The molecule has 2 unspecified atom stereocenters. The molecule has 1 aliphatic heterocycles. The number of β-amino-alcohol motifs (C(OH)–C–C–N with tert-alkyl or cyclic N) is 1. The minimum atomic E-state index is -0.224. The molecule has 0 radical (unpaired) electrons. The van der Waals surface area contributed by atoms with E-state index >= 15 is 0 Å². The van der Waals surface area contributed by atoms with Gasteiger partial charge in [0.15, 0.2) is 0 Å². The van der Waals surface area contributed by atoms with Crippen molar-refractivity contribution in [1.82, 2.24) is 4.90 Å². The molecule has 106 valence electrons. The Hall–Kier alpha value is -1.10. The van der Waals surface area contributed by atoms with Crippen molar-refractivity contribution in [1.29, 1.82) is 0 Å². The molecule has 0 saturated carbocycles. The van der Waals surface area contributed by atoms with Crippen LogP contribution in [0.4, 0.5) is 5.69 Å². The van der Waals surface area contributed by atoms with Gasteiger partial charge in [-0.2, -0.15) is 0 Å². The molecule has 3 N–H and O–H groups in total. The van der Waals surface area contributed by atoms with Gasteiger partial charge in [0.1, 0.15) is 0 Å². The van der Waals surface area contributed by atoms with Crippen LogP contribution in [-0.2, 0) is 0 Å². The Morgan fingerprint density at radius 1 is 1.37 bits per heavy atom. The third-order valence-corrected chi connectivity index (χ3v) is 3.72. The summed E-state index contributed by atoms with van der Waals surface area (Å²) < 4.78 is 0. The number of benzene rings is 1. The summed E-state index contributed by atoms with van der Waals surface area (Å²) in [5.41, 5.74) is 8.19. The molecule has 0 spiro atoms. The molecule has 1 aromatic carbocycles. The Morgan fingerprint density at radius 2 is 2.00 bits per heavy atom. The molecule has 4 nitrogen and oxygen atoms in total. The zero-order chi connectivity index (χ0) is 14.0. The maximum absolute atomic E-state index is 9.91. The zero-order valence-electron chi connectivity index (χ0n) is 12.1. The maximum Gasteiger partial charge on any atom is 0.0735 e. The van der Waals surface area contributed by atoms with E-state index in [1.54, 1.807) is 0 Å². The lowest BCUT2D eigenvalue weighted by molar-refractivity contribution is 0.191. The van der Waals surface area contributed by atoms with E-state index in [-0.39, 0.29) is 12.1 Å². The molecule has 0 aliphatic carbocycles. The lowest BCUT2D eigenvalue weighted by Crippen LogP contribution is -2.37. The minimum absolute atomic E-state index is 0.0655. The van der Waals surface area contributed by atoms with E-state index in [2.05, 4.69) is 48.2 Å². The standard InChI is InChI=1S/C15H25N3O/c1-11(16)12-4-6-13(7-5-12)18-10-15(19)8-14(18)9-17(2)3/h4-7,11,14-15,19H,8-10,16H2,1-3H3/t11-,14?,15?/m1/s1. The summed E-state index contributed by atoms with van der Waals surface area (Å²) in [6, 6.07) is 8.83. The summed E-state index contributed by atoms with van der Waals surface area (Å²) in [5, 5.41) is 9.91. The second-order valence-corrected chi connectivity index (χ2v) is 5.84. The molecule has 19 heavy (non-hydrogen) atoms. The van der Waals surface area contributed by atoms with Gasteiger partial charge in [-0.1, -0.05) is 12.1 Å². The fourth-order valence-electron chi connectivity index (χ4n) is 2.77. The van der Waals surface area contributed by atoms with Crippen LogP contribution >= 0.6 is 0 Å². The van der Waals surface area contributed by atoms with Crippen molar-refractivity contribution in [3.05, 3.63) is 29.8 Å². The highest BCUT2D eigenvalue weighted by molar-refractivity contribution is 5.50. The predicted molar refractivity (Wildman–Crippen MR) is 79.4 cm³/mol. The summed E-state index contributed by atoms with van der Waals surface area (Å²) in [4.78, 5) is 4.47. The fourth-order valence-corrected chi connectivity index (χ4v) is 2.77. The van der Waals surface area contributed by atoms with E-state index in [0.717, 1.165) is 25.1 Å². The molecule has 0 bridgehead atoms. The van der Waals surface area contributed by atoms with E-state index in [1.807, 2.05) is 6.92 Å². The SMILES string of the molecule is C[C@@H](N)c1ccc(N2CC(O)CC2CN(C)C)cc1. The van der Waals surface area contributed by atoms with Crippen LogP contribution in [-0.4, -0.2) is 49.3 Å². The van der Waals surface area contributed by atoms with E-state index in [4.69, 9.17) is 5.73 Å². The van der Waals surface area contributed by atoms with Gasteiger partial charge in [0.25, 0.3) is 0 Å². The second-order valence-electron chi connectivity index (χ2n) is 5.84. The normalized spacial score (nSPS) is 25.1. The number of hydrogen-bond acceptors (Lipinski definition) is 4. The van der Waals surface area contributed by atoms with Crippen LogP contribution in [0.2, 0.25) is 0 Å². The first-order chi connectivity index (χ1) is 8.97. The first-order valence-corrected chi connectivity index (χ1v) is 6.92. The van der Waals surface area contributed by atoms with Crippen LogP contribution in [0, 0.1) is 0 Å². The first-order valence-electron chi connectivity index (χ1n) is 6.92. The van der Waals surface area contributed by atoms with Crippen LogP contribution in [0.15, 0.2) is 24.3 Å². The van der Waals surface area contributed by atoms with Gasteiger partial charge in [-0.3, -0.25) is 0 Å². The Labute approximate surface area is 115 Å². The molecular weight excluding hydrogens is 238 g/mol. The lowest BCUT2D eigenvalue weighted by atomic mass is 10.1. The number of likely N-dealkylation sites (N-methyl/N-ethyl adjacent to an activating group) is 1. The van der Waals surface area contributed by atoms with Crippen molar-refractivity contribution < 1.29 is 5.11 Å². The van der Waals surface area contributed by atoms with Gasteiger partial charge in [-0.25, -0.2) is 0 Å². The largest absolute Gasteiger partial charge is 0.391 e. The molecule has 0 aromatic heterocycles. The number of rotatable bonds is 4. The molecular formula is C15H25N3O. The number of nitrogens with zero attached hydrogens (tertiary/aromatic N) is 2. The maximum atomic E-state index is 9.91. The molecule has 4 heteroatoms. The van der Waals surface area contributed by atoms with Gasteiger partial charge in [-0.15, -0.1) is 0 Å². The van der Waals surface area contributed by atoms with Crippen molar-refractivity contribution in [2.24, 2.45) is 5.73 Å². The predicted octanol–water partition coefficient (Wildman–Crippen LogP) is 1.21. The van der Waals surface area contributed by atoms with E-state index in [0.29, 0.717) is 6.04 Å². The van der Waals surface area contributed by atoms with Gasteiger partial charge >= 0.3 is 0 Å². The minimum Gasteiger partial charge on any atom is -0.391 e. The summed E-state index contributed by atoms with van der Waals surface area (Å²) >= 11 is 0. The number of anilines is 1. The monoisotopic (exact) mass is 263 g/mol. The number of aliphatic hydroxyl groups excluding tert-OH is 1. The quantitative estimate of drug-likeness (QED) is 0.857. The third-order valence-electron chi connectivity index (χ3n) is 3.72. The first kappa shape index (κ1) is 14.3.